The summed E-state index contributed by atoms with van der Waals surface area (Å²) >= 11 is 0. The van der Waals surface area contributed by atoms with Crippen molar-refractivity contribution in [2.45, 2.75) is 58.7 Å². The fraction of sp³-hybridized carbons (Fsp3) is 0.857. The van der Waals surface area contributed by atoms with E-state index in [1.165, 1.54) is 14.1 Å². The average Bonchev–Trinajstić information content (AvgIpc) is 2.62. The Balaban J connectivity index is 2.06. The molecule has 132 valence electrons. The molecule has 0 aromatic carbocycles. The Kier molecular flexibility index (Phi) is 5.64. The summed E-state index contributed by atoms with van der Waals surface area (Å²) in [6, 6.07) is -0.174. The van der Waals surface area contributed by atoms with E-state index in [1.54, 1.807) is 9.25 Å². The zero-order chi connectivity index (χ0) is 17.2. The van der Waals surface area contributed by atoms with Crippen LogP contribution in [0.2, 0.25) is 0 Å². The van der Waals surface area contributed by atoms with Gasteiger partial charge in [-0.05, 0) is 25.2 Å². The first-order chi connectivity index (χ1) is 10.7. The molecule has 1 aliphatic rings. The molecule has 0 amide bonds. The Labute approximate surface area is 137 Å². The van der Waals surface area contributed by atoms with Crippen LogP contribution in [0.25, 0.3) is 0 Å². The molecule has 1 aliphatic heterocycles. The van der Waals surface area contributed by atoms with Crippen LogP contribution in [0.15, 0.2) is 4.79 Å². The van der Waals surface area contributed by atoms with Crippen LogP contribution in [-0.2, 0) is 29.7 Å². The average molecular weight is 345 g/mol. The molecule has 8 nitrogen and oxygen atoms in total. The second kappa shape index (κ2) is 7.14. The van der Waals surface area contributed by atoms with Crippen LogP contribution in [0.5, 0.6) is 0 Å². The summed E-state index contributed by atoms with van der Waals surface area (Å²) in [5.74, 6) is 1.28. The van der Waals surface area contributed by atoms with Crippen LogP contribution >= 0.6 is 0 Å². The molecule has 2 heterocycles. The van der Waals surface area contributed by atoms with Crippen LogP contribution in [-0.4, -0.2) is 47.2 Å². The quantitative estimate of drug-likeness (QED) is 0.797. The van der Waals surface area contributed by atoms with Crippen molar-refractivity contribution < 1.29 is 8.42 Å². The molecule has 0 saturated carbocycles. The van der Waals surface area contributed by atoms with E-state index in [-0.39, 0.29) is 11.7 Å². The molecular weight excluding hydrogens is 318 g/mol. The second-order valence-electron chi connectivity index (χ2n) is 6.69. The normalized spacial score (nSPS) is 19.1. The van der Waals surface area contributed by atoms with Gasteiger partial charge in [-0.15, -0.1) is 0 Å². The van der Waals surface area contributed by atoms with E-state index in [0.29, 0.717) is 38.3 Å². The topological polar surface area (TPSA) is 89.2 Å². The predicted octanol–water partition coefficient (Wildman–Crippen LogP) is 0.192. The summed E-state index contributed by atoms with van der Waals surface area (Å²) in [5, 5.41) is 4.43. The first kappa shape index (κ1) is 18.2. The van der Waals surface area contributed by atoms with Crippen LogP contribution in [0.1, 0.15) is 38.9 Å². The molecule has 23 heavy (non-hydrogen) atoms. The van der Waals surface area contributed by atoms with Gasteiger partial charge in [0, 0.05) is 39.6 Å². The third kappa shape index (κ3) is 4.42. The number of fused-ring (bicyclic) bond motifs is 1. The van der Waals surface area contributed by atoms with Crippen LogP contribution in [0.3, 0.4) is 0 Å². The molecule has 1 N–H and O–H groups in total. The van der Waals surface area contributed by atoms with Gasteiger partial charge in [-0.3, -0.25) is 4.57 Å². The molecule has 1 aromatic heterocycles. The molecule has 0 spiro atoms. The first-order valence-corrected chi connectivity index (χ1v) is 9.51. The van der Waals surface area contributed by atoms with E-state index in [0.717, 1.165) is 16.6 Å². The first-order valence-electron chi connectivity index (χ1n) is 8.07. The lowest BCUT2D eigenvalue weighted by Gasteiger charge is -2.19. The van der Waals surface area contributed by atoms with Gasteiger partial charge in [0.2, 0.25) is 0 Å². The van der Waals surface area contributed by atoms with Gasteiger partial charge in [-0.25, -0.2) is 9.48 Å². The van der Waals surface area contributed by atoms with Gasteiger partial charge in [0.1, 0.15) is 5.82 Å². The minimum absolute atomic E-state index is 0.0863. The minimum Gasteiger partial charge on any atom is -0.279 e. The number of rotatable bonds is 6. The Morgan fingerprint density at radius 3 is 2.65 bits per heavy atom. The molecule has 2 rings (SSSR count). The SMILES string of the molecule is CC(C)CCn1nc2n(c1=O)CCC(NS(=O)(=O)N(C)C)CC2. The van der Waals surface area contributed by atoms with E-state index >= 15 is 0 Å². The van der Waals surface area contributed by atoms with Crippen molar-refractivity contribution in [3.63, 3.8) is 0 Å². The lowest BCUT2D eigenvalue weighted by atomic mass is 10.1. The second-order valence-corrected chi connectivity index (χ2v) is 8.60. The van der Waals surface area contributed by atoms with Crippen molar-refractivity contribution >= 4 is 10.2 Å². The van der Waals surface area contributed by atoms with Crippen LogP contribution < -0.4 is 10.4 Å². The molecule has 1 unspecified atom stereocenters. The van der Waals surface area contributed by atoms with Crippen molar-refractivity contribution in [3.8, 4) is 0 Å². The Bertz CT molecular complexity index is 690. The Hall–Kier alpha value is -1.19. The van der Waals surface area contributed by atoms with Crippen molar-refractivity contribution in [2.24, 2.45) is 5.92 Å². The summed E-state index contributed by atoms with van der Waals surface area (Å²) in [6.45, 7) is 5.37. The van der Waals surface area contributed by atoms with E-state index < -0.39 is 10.2 Å². The maximum absolute atomic E-state index is 12.4. The maximum atomic E-state index is 12.4. The lowest BCUT2D eigenvalue weighted by molar-refractivity contribution is 0.446. The van der Waals surface area contributed by atoms with Gasteiger partial charge in [0.15, 0.2) is 0 Å². The lowest BCUT2D eigenvalue weighted by Crippen LogP contribution is -2.42. The monoisotopic (exact) mass is 345 g/mol. The molecule has 1 atom stereocenters. The highest BCUT2D eigenvalue weighted by atomic mass is 32.2. The van der Waals surface area contributed by atoms with Gasteiger partial charge in [0.05, 0.1) is 0 Å². The summed E-state index contributed by atoms with van der Waals surface area (Å²) in [6.07, 6.45) is 2.76. The summed E-state index contributed by atoms with van der Waals surface area (Å²) < 4.78 is 30.9. The highest BCUT2D eigenvalue weighted by Crippen LogP contribution is 2.13. The number of hydrogen-bond acceptors (Lipinski definition) is 4. The molecule has 0 fully saturated rings. The summed E-state index contributed by atoms with van der Waals surface area (Å²) in [7, 11) is -0.456. The maximum Gasteiger partial charge on any atom is 0.345 e. The zero-order valence-corrected chi connectivity index (χ0v) is 15.1. The van der Waals surface area contributed by atoms with Crippen LogP contribution in [0, 0.1) is 5.92 Å². The minimum atomic E-state index is -3.45. The van der Waals surface area contributed by atoms with E-state index in [1.807, 2.05) is 0 Å². The summed E-state index contributed by atoms with van der Waals surface area (Å²) in [5.41, 5.74) is -0.0863. The Morgan fingerprint density at radius 2 is 2.04 bits per heavy atom. The molecule has 0 saturated heterocycles. The number of hydrogen-bond donors (Lipinski definition) is 1. The molecule has 1 aromatic rings. The third-order valence-corrected chi connectivity index (χ3v) is 5.72. The van der Waals surface area contributed by atoms with E-state index in [2.05, 4.69) is 23.7 Å². The fourth-order valence-electron chi connectivity index (χ4n) is 2.59. The Morgan fingerprint density at radius 1 is 1.35 bits per heavy atom. The van der Waals surface area contributed by atoms with Crippen molar-refractivity contribution in [2.75, 3.05) is 14.1 Å². The van der Waals surface area contributed by atoms with Crippen molar-refractivity contribution in [1.82, 2.24) is 23.4 Å². The predicted molar refractivity (Wildman–Crippen MR) is 88.4 cm³/mol. The molecule has 0 radical (unpaired) electrons. The van der Waals surface area contributed by atoms with Gasteiger partial charge >= 0.3 is 5.69 Å². The number of nitrogens with zero attached hydrogens (tertiary/aromatic N) is 4. The highest BCUT2D eigenvalue weighted by Gasteiger charge is 2.25. The van der Waals surface area contributed by atoms with Crippen molar-refractivity contribution in [1.29, 1.82) is 0 Å². The van der Waals surface area contributed by atoms with Gasteiger partial charge in [-0.2, -0.15) is 22.5 Å². The molecule has 9 heteroatoms. The van der Waals surface area contributed by atoms with E-state index in [4.69, 9.17) is 0 Å². The third-order valence-electron chi connectivity index (χ3n) is 4.13. The van der Waals surface area contributed by atoms with Gasteiger partial charge in [0.25, 0.3) is 10.2 Å². The summed E-state index contributed by atoms with van der Waals surface area (Å²) in [4.78, 5) is 12.4. The standard InChI is InChI=1S/C14H27N5O3S/c1-11(2)7-10-19-14(20)18-9-8-12(5-6-13(18)15-19)16-23(21,22)17(3)4/h11-12,16H,5-10H2,1-4H3. The largest absolute Gasteiger partial charge is 0.345 e. The van der Waals surface area contributed by atoms with Crippen molar-refractivity contribution in [3.05, 3.63) is 16.3 Å². The number of aromatic nitrogens is 3. The molecule has 0 bridgehead atoms. The smallest absolute Gasteiger partial charge is 0.279 e. The highest BCUT2D eigenvalue weighted by molar-refractivity contribution is 7.87. The molecular formula is C14H27N5O3S. The number of aryl methyl sites for hydroxylation is 2. The molecule has 0 aliphatic carbocycles. The van der Waals surface area contributed by atoms with Gasteiger partial charge in [-0.1, -0.05) is 13.8 Å². The van der Waals surface area contributed by atoms with Crippen LogP contribution in [0.4, 0.5) is 0 Å². The number of nitrogens with one attached hydrogen (secondary N) is 1. The van der Waals surface area contributed by atoms with E-state index in [9.17, 15) is 13.2 Å². The zero-order valence-electron chi connectivity index (χ0n) is 14.3. The fourth-order valence-corrected chi connectivity index (χ4v) is 3.46. The van der Waals surface area contributed by atoms with Gasteiger partial charge < -0.3 is 0 Å².